The Kier molecular flexibility index (Phi) is 2.35. The van der Waals surface area contributed by atoms with Crippen LogP contribution in [0.2, 0.25) is 0 Å². The molecule has 2 atom stereocenters. The van der Waals surface area contributed by atoms with Crippen molar-refractivity contribution in [2.24, 2.45) is 15.7 Å². The predicted octanol–water partition coefficient (Wildman–Crippen LogP) is -0.398. The lowest BCUT2D eigenvalue weighted by atomic mass is 10.2. The SMILES string of the molecule is NC1N=CC(Br)=NC1C(=O)O. The fourth-order valence-electron chi connectivity index (χ4n) is 0.673. The molecule has 2 unspecified atom stereocenters. The summed E-state index contributed by atoms with van der Waals surface area (Å²) in [6.07, 6.45) is 0.623. The van der Waals surface area contributed by atoms with Crippen LogP contribution in [0.3, 0.4) is 0 Å². The molecule has 1 rings (SSSR count). The molecule has 1 aliphatic heterocycles. The Morgan fingerprint density at radius 2 is 2.45 bits per heavy atom. The number of carboxylic acid groups (broad SMARTS) is 1. The Labute approximate surface area is 71.1 Å². The summed E-state index contributed by atoms with van der Waals surface area (Å²) in [6.45, 7) is 0. The number of rotatable bonds is 1. The molecule has 6 heteroatoms. The first kappa shape index (κ1) is 8.35. The first-order valence-electron chi connectivity index (χ1n) is 2.86. The fraction of sp³-hybridized carbons (Fsp3) is 0.400. The van der Waals surface area contributed by atoms with Gasteiger partial charge in [-0.2, -0.15) is 0 Å². The zero-order valence-corrected chi connectivity index (χ0v) is 7.02. The maximum Gasteiger partial charge on any atom is 0.332 e. The molecule has 3 N–H and O–H groups in total. The largest absolute Gasteiger partial charge is 0.480 e. The molecule has 0 spiro atoms. The number of nitrogens with two attached hydrogens (primary N) is 1. The van der Waals surface area contributed by atoms with Gasteiger partial charge in [-0.25, -0.2) is 4.79 Å². The summed E-state index contributed by atoms with van der Waals surface area (Å²) >= 11 is 3.01. The Hall–Kier alpha value is -0.750. The van der Waals surface area contributed by atoms with Gasteiger partial charge in [-0.15, -0.1) is 0 Å². The van der Waals surface area contributed by atoms with Crippen molar-refractivity contribution >= 4 is 32.7 Å². The predicted molar refractivity (Wildman–Crippen MR) is 44.3 cm³/mol. The molecule has 0 saturated carbocycles. The fourth-order valence-corrected chi connectivity index (χ4v) is 1.01. The highest BCUT2D eigenvalue weighted by Crippen LogP contribution is 2.06. The van der Waals surface area contributed by atoms with Crippen LogP contribution >= 0.6 is 15.9 Å². The molecule has 1 aliphatic rings. The second-order valence-corrected chi connectivity index (χ2v) is 2.82. The third-order valence-electron chi connectivity index (χ3n) is 1.19. The molecule has 60 valence electrons. The number of halogens is 1. The summed E-state index contributed by atoms with van der Waals surface area (Å²) < 4.78 is 0.409. The maximum atomic E-state index is 10.4. The monoisotopic (exact) mass is 219 g/mol. The van der Waals surface area contributed by atoms with Gasteiger partial charge in [-0.05, 0) is 15.9 Å². The van der Waals surface area contributed by atoms with Gasteiger partial charge in [0, 0.05) is 0 Å². The second-order valence-electron chi connectivity index (χ2n) is 2.00. The molecule has 0 saturated heterocycles. The lowest BCUT2D eigenvalue weighted by Gasteiger charge is -2.15. The minimum absolute atomic E-state index is 0.409. The highest BCUT2D eigenvalue weighted by atomic mass is 79.9. The summed E-state index contributed by atoms with van der Waals surface area (Å²) in [5.41, 5.74) is 5.34. The molecule has 0 aliphatic carbocycles. The number of aliphatic imine (C=N–C) groups is 2. The third kappa shape index (κ3) is 1.84. The van der Waals surface area contributed by atoms with Gasteiger partial charge < -0.3 is 10.8 Å². The Balaban J connectivity index is 2.81. The molecular formula is C5H6BrN3O2. The average molecular weight is 220 g/mol. The van der Waals surface area contributed by atoms with Crippen LogP contribution in [0.25, 0.3) is 0 Å². The molecule has 1 heterocycles. The van der Waals surface area contributed by atoms with Crippen molar-refractivity contribution in [3.63, 3.8) is 0 Å². The molecule has 0 amide bonds. The van der Waals surface area contributed by atoms with Crippen molar-refractivity contribution in [2.75, 3.05) is 0 Å². The minimum Gasteiger partial charge on any atom is -0.480 e. The summed E-state index contributed by atoms with van der Waals surface area (Å²) in [7, 11) is 0. The van der Waals surface area contributed by atoms with Gasteiger partial charge in [0.15, 0.2) is 6.04 Å². The summed E-state index contributed by atoms with van der Waals surface area (Å²) in [5.74, 6) is -1.06. The summed E-state index contributed by atoms with van der Waals surface area (Å²) in [5, 5.41) is 8.54. The van der Waals surface area contributed by atoms with Gasteiger partial charge >= 0.3 is 5.97 Å². The van der Waals surface area contributed by atoms with E-state index in [9.17, 15) is 4.79 Å². The number of carboxylic acids is 1. The van der Waals surface area contributed by atoms with Crippen LogP contribution in [0.15, 0.2) is 9.98 Å². The molecule has 0 aromatic carbocycles. The van der Waals surface area contributed by atoms with Crippen molar-refractivity contribution in [2.45, 2.75) is 12.2 Å². The van der Waals surface area contributed by atoms with Crippen LogP contribution in [0.5, 0.6) is 0 Å². The van der Waals surface area contributed by atoms with Gasteiger partial charge in [0.25, 0.3) is 0 Å². The first-order valence-corrected chi connectivity index (χ1v) is 3.65. The normalized spacial score (nSPS) is 29.8. The van der Waals surface area contributed by atoms with E-state index in [1.165, 1.54) is 6.21 Å². The molecule has 0 aromatic heterocycles. The van der Waals surface area contributed by atoms with Crippen molar-refractivity contribution in [1.29, 1.82) is 0 Å². The Morgan fingerprint density at radius 1 is 1.82 bits per heavy atom. The minimum atomic E-state index is -1.06. The molecule has 5 nitrogen and oxygen atoms in total. The van der Waals surface area contributed by atoms with Crippen molar-refractivity contribution < 1.29 is 9.90 Å². The van der Waals surface area contributed by atoms with Gasteiger partial charge in [0.1, 0.15) is 10.8 Å². The molecular weight excluding hydrogens is 214 g/mol. The molecule has 0 aromatic rings. The second kappa shape index (κ2) is 3.10. The number of aliphatic carboxylic acids is 1. The van der Waals surface area contributed by atoms with E-state index >= 15 is 0 Å². The Morgan fingerprint density at radius 3 is 2.91 bits per heavy atom. The topological polar surface area (TPSA) is 88.0 Å². The zero-order chi connectivity index (χ0) is 8.43. The summed E-state index contributed by atoms with van der Waals surface area (Å²) in [4.78, 5) is 17.9. The third-order valence-corrected chi connectivity index (χ3v) is 1.60. The van der Waals surface area contributed by atoms with E-state index in [0.717, 1.165) is 0 Å². The van der Waals surface area contributed by atoms with Crippen molar-refractivity contribution in [3.8, 4) is 0 Å². The lowest BCUT2D eigenvalue weighted by Crippen LogP contribution is -2.40. The number of carbonyl (C=O) groups is 1. The van der Waals surface area contributed by atoms with Crippen LogP contribution in [-0.2, 0) is 4.79 Å². The molecule has 0 radical (unpaired) electrons. The number of hydrogen-bond donors (Lipinski definition) is 2. The highest BCUT2D eigenvalue weighted by molar-refractivity contribution is 9.19. The van der Waals surface area contributed by atoms with Gasteiger partial charge in [0.05, 0.1) is 6.21 Å². The standard InChI is InChI=1S/C5H6BrN3O2/c6-2-1-8-4(7)3(9-2)5(10)11/h1,3-4H,7H2,(H,10,11). The molecule has 11 heavy (non-hydrogen) atoms. The highest BCUT2D eigenvalue weighted by Gasteiger charge is 2.26. The van der Waals surface area contributed by atoms with Crippen LogP contribution in [0.1, 0.15) is 0 Å². The van der Waals surface area contributed by atoms with Gasteiger partial charge in [0.2, 0.25) is 0 Å². The molecule has 0 fully saturated rings. The van der Waals surface area contributed by atoms with E-state index < -0.39 is 18.2 Å². The van der Waals surface area contributed by atoms with Gasteiger partial charge in [-0.1, -0.05) is 0 Å². The smallest absolute Gasteiger partial charge is 0.332 e. The number of nitrogens with zero attached hydrogens (tertiary/aromatic N) is 2. The Bertz CT molecular complexity index is 238. The zero-order valence-electron chi connectivity index (χ0n) is 5.44. The average Bonchev–Trinajstić information content (AvgIpc) is 1.94. The maximum absolute atomic E-state index is 10.4. The van der Waals surface area contributed by atoms with E-state index in [1.807, 2.05) is 0 Å². The van der Waals surface area contributed by atoms with Gasteiger partial charge in [-0.3, -0.25) is 9.98 Å². The first-order chi connectivity index (χ1) is 5.11. The van der Waals surface area contributed by atoms with E-state index in [0.29, 0.717) is 4.62 Å². The van der Waals surface area contributed by atoms with Crippen LogP contribution < -0.4 is 5.73 Å². The van der Waals surface area contributed by atoms with E-state index in [2.05, 4.69) is 25.9 Å². The van der Waals surface area contributed by atoms with E-state index in [1.54, 1.807) is 0 Å². The van der Waals surface area contributed by atoms with Crippen LogP contribution in [0, 0.1) is 0 Å². The van der Waals surface area contributed by atoms with E-state index in [-0.39, 0.29) is 0 Å². The van der Waals surface area contributed by atoms with E-state index in [4.69, 9.17) is 10.8 Å². The summed E-state index contributed by atoms with van der Waals surface area (Å²) in [6, 6.07) is -0.964. The van der Waals surface area contributed by atoms with Crippen LogP contribution in [0.4, 0.5) is 0 Å². The number of hydrogen-bond acceptors (Lipinski definition) is 4. The quantitative estimate of drug-likeness (QED) is 0.630. The van der Waals surface area contributed by atoms with Crippen molar-refractivity contribution in [1.82, 2.24) is 0 Å². The lowest BCUT2D eigenvalue weighted by molar-refractivity contribution is -0.138. The van der Waals surface area contributed by atoms with Crippen LogP contribution in [-0.4, -0.2) is 34.1 Å². The molecule has 0 bridgehead atoms. The van der Waals surface area contributed by atoms with Crippen molar-refractivity contribution in [3.05, 3.63) is 0 Å².